The van der Waals surface area contributed by atoms with Gasteiger partial charge in [0.25, 0.3) is 0 Å². The molecule has 1 amide bonds. The number of fused-ring (bicyclic) bond motifs is 1. The summed E-state index contributed by atoms with van der Waals surface area (Å²) in [5, 5.41) is 13.0. The van der Waals surface area contributed by atoms with Gasteiger partial charge in [-0.15, -0.1) is 0 Å². The Hall–Kier alpha value is -1.89. The van der Waals surface area contributed by atoms with Gasteiger partial charge in [0.1, 0.15) is 12.1 Å². The van der Waals surface area contributed by atoms with Crippen molar-refractivity contribution in [2.45, 2.75) is 46.7 Å². The monoisotopic (exact) mass is 380 g/mol. The Morgan fingerprint density at radius 2 is 1.96 bits per heavy atom. The summed E-state index contributed by atoms with van der Waals surface area (Å²) >= 11 is 6.07. The lowest BCUT2D eigenvalue weighted by Gasteiger charge is -2.37. The molecule has 0 radical (unpaired) electrons. The zero-order valence-electron chi connectivity index (χ0n) is 15.7. The number of aliphatic carboxylic acids is 1. The summed E-state index contributed by atoms with van der Waals surface area (Å²) in [6.07, 6.45) is 2.96. The summed E-state index contributed by atoms with van der Waals surface area (Å²) in [6, 6.07) is -1.45. The number of hydrogen-bond donors (Lipinski definition) is 2. The van der Waals surface area contributed by atoms with Crippen LogP contribution in [0, 0.1) is 22.7 Å². The standard InChI is InChI=1S/C18H25ClN4O3/c1-17(2,3)12(22-14-13(19)20-6-7-21-14)15(24)23-8-9-10(18(9,4)5)11(23)16(25)26/h6-7,9-12H,8H2,1-5H3,(H,21,22)(H,25,26)/t9-,10-,11-,12+/m0/s1. The third-order valence-electron chi connectivity index (χ3n) is 5.79. The Bertz CT molecular complexity index is 746. The topological polar surface area (TPSA) is 95.4 Å². The lowest BCUT2D eigenvalue weighted by Crippen LogP contribution is -2.54. The van der Waals surface area contributed by atoms with E-state index in [9.17, 15) is 14.7 Å². The Labute approximate surface area is 158 Å². The first-order valence-electron chi connectivity index (χ1n) is 8.72. The van der Waals surface area contributed by atoms with Crippen LogP contribution in [0.4, 0.5) is 5.82 Å². The molecule has 1 aromatic rings. The minimum absolute atomic E-state index is 0.00433. The number of carbonyl (C=O) groups excluding carboxylic acids is 1. The minimum atomic E-state index is -0.943. The molecular formula is C18H25ClN4O3. The molecule has 4 atom stereocenters. The molecule has 2 aliphatic rings. The molecule has 142 valence electrons. The van der Waals surface area contributed by atoms with Crippen molar-refractivity contribution in [3.8, 4) is 0 Å². The number of nitrogens with one attached hydrogen (secondary N) is 1. The third kappa shape index (κ3) is 3.02. The van der Waals surface area contributed by atoms with Crippen LogP contribution in [0.1, 0.15) is 34.6 Å². The molecule has 8 heteroatoms. The van der Waals surface area contributed by atoms with Gasteiger partial charge in [-0.1, -0.05) is 46.2 Å². The SMILES string of the molecule is CC(C)(C)[C@H](Nc1nccnc1Cl)C(=O)N1C[C@H]2[C@@H]([C@H]1C(=O)O)C2(C)C. The zero-order chi connectivity index (χ0) is 19.4. The Morgan fingerprint density at radius 1 is 1.35 bits per heavy atom. The molecule has 0 bridgehead atoms. The first-order chi connectivity index (χ1) is 12.0. The largest absolute Gasteiger partial charge is 0.480 e. The fraction of sp³-hybridized carbons (Fsp3) is 0.667. The summed E-state index contributed by atoms with van der Waals surface area (Å²) in [7, 11) is 0. The average Bonchev–Trinajstić information content (AvgIpc) is 2.90. The second-order valence-corrected chi connectivity index (χ2v) is 9.22. The van der Waals surface area contributed by atoms with E-state index < -0.39 is 23.5 Å². The van der Waals surface area contributed by atoms with E-state index in [4.69, 9.17) is 11.6 Å². The van der Waals surface area contributed by atoms with E-state index in [1.54, 1.807) is 0 Å². The van der Waals surface area contributed by atoms with Crippen molar-refractivity contribution < 1.29 is 14.7 Å². The quantitative estimate of drug-likeness (QED) is 0.833. The van der Waals surface area contributed by atoms with Crippen LogP contribution in [0.2, 0.25) is 5.15 Å². The lowest BCUT2D eigenvalue weighted by molar-refractivity contribution is -0.151. The van der Waals surface area contributed by atoms with Gasteiger partial charge in [0.15, 0.2) is 11.0 Å². The van der Waals surface area contributed by atoms with Crippen molar-refractivity contribution >= 4 is 29.3 Å². The van der Waals surface area contributed by atoms with Crippen LogP contribution >= 0.6 is 11.6 Å². The molecule has 1 aliphatic carbocycles. The van der Waals surface area contributed by atoms with Gasteiger partial charge in [0, 0.05) is 24.9 Å². The van der Waals surface area contributed by atoms with Crippen molar-refractivity contribution in [1.82, 2.24) is 14.9 Å². The Kier molecular flexibility index (Phi) is 4.42. The van der Waals surface area contributed by atoms with E-state index in [-0.39, 0.29) is 28.3 Å². The zero-order valence-corrected chi connectivity index (χ0v) is 16.4. The predicted octanol–water partition coefficient (Wildman–Crippen LogP) is 2.52. The van der Waals surface area contributed by atoms with Gasteiger partial charge in [-0.05, 0) is 16.7 Å². The molecule has 0 aromatic carbocycles. The van der Waals surface area contributed by atoms with Crippen LogP contribution in [0.5, 0.6) is 0 Å². The predicted molar refractivity (Wildman–Crippen MR) is 97.8 cm³/mol. The number of anilines is 1. The highest BCUT2D eigenvalue weighted by Gasteiger charge is 2.70. The van der Waals surface area contributed by atoms with E-state index in [1.807, 2.05) is 20.8 Å². The number of rotatable bonds is 4. The van der Waals surface area contributed by atoms with E-state index >= 15 is 0 Å². The van der Waals surface area contributed by atoms with Crippen molar-refractivity contribution in [1.29, 1.82) is 0 Å². The molecule has 2 heterocycles. The van der Waals surface area contributed by atoms with Crippen LogP contribution in [0.3, 0.4) is 0 Å². The van der Waals surface area contributed by atoms with Gasteiger partial charge >= 0.3 is 5.97 Å². The molecule has 1 saturated heterocycles. The Balaban J connectivity index is 1.87. The number of aromatic nitrogens is 2. The molecule has 26 heavy (non-hydrogen) atoms. The lowest BCUT2D eigenvalue weighted by atomic mass is 9.85. The van der Waals surface area contributed by atoms with Crippen LogP contribution in [-0.4, -0.2) is 50.5 Å². The van der Waals surface area contributed by atoms with Crippen molar-refractivity contribution in [3.05, 3.63) is 17.5 Å². The molecule has 1 aliphatic heterocycles. The maximum atomic E-state index is 13.3. The fourth-order valence-corrected chi connectivity index (χ4v) is 4.32. The minimum Gasteiger partial charge on any atom is -0.480 e. The summed E-state index contributed by atoms with van der Waals surface area (Å²) in [6.45, 7) is 10.4. The second kappa shape index (κ2) is 6.08. The van der Waals surface area contributed by atoms with E-state index in [0.717, 1.165) is 0 Å². The molecule has 3 rings (SSSR count). The van der Waals surface area contributed by atoms with Crippen molar-refractivity contribution in [2.24, 2.45) is 22.7 Å². The summed E-state index contributed by atoms with van der Waals surface area (Å²) < 4.78 is 0. The maximum absolute atomic E-state index is 13.3. The number of carboxylic acids is 1. The number of carbonyl (C=O) groups is 2. The van der Waals surface area contributed by atoms with Crippen LogP contribution < -0.4 is 5.32 Å². The average molecular weight is 381 g/mol. The van der Waals surface area contributed by atoms with Crippen molar-refractivity contribution in [3.63, 3.8) is 0 Å². The number of nitrogens with zero attached hydrogens (tertiary/aromatic N) is 3. The molecule has 1 aromatic heterocycles. The van der Waals surface area contributed by atoms with E-state index in [0.29, 0.717) is 12.4 Å². The first-order valence-corrected chi connectivity index (χ1v) is 9.10. The van der Waals surface area contributed by atoms with E-state index in [2.05, 4.69) is 29.1 Å². The van der Waals surface area contributed by atoms with Gasteiger partial charge in [-0.2, -0.15) is 0 Å². The number of amides is 1. The fourth-order valence-electron chi connectivity index (χ4n) is 4.16. The molecular weight excluding hydrogens is 356 g/mol. The summed E-state index contributed by atoms with van der Waals surface area (Å²) in [5.74, 6) is -0.631. The highest BCUT2D eigenvalue weighted by Crippen LogP contribution is 2.65. The molecule has 0 unspecified atom stereocenters. The summed E-state index contributed by atoms with van der Waals surface area (Å²) in [4.78, 5) is 34.8. The summed E-state index contributed by atoms with van der Waals surface area (Å²) in [5.41, 5.74) is -0.498. The van der Waals surface area contributed by atoms with Crippen molar-refractivity contribution in [2.75, 3.05) is 11.9 Å². The molecule has 2 fully saturated rings. The normalized spacial score (nSPS) is 27.6. The third-order valence-corrected chi connectivity index (χ3v) is 6.07. The number of likely N-dealkylation sites (tertiary alicyclic amines) is 1. The molecule has 1 saturated carbocycles. The smallest absolute Gasteiger partial charge is 0.326 e. The van der Waals surface area contributed by atoms with Gasteiger partial charge in [0.2, 0.25) is 5.91 Å². The van der Waals surface area contributed by atoms with Crippen LogP contribution in [0.15, 0.2) is 12.4 Å². The Morgan fingerprint density at radius 3 is 2.50 bits per heavy atom. The molecule has 0 spiro atoms. The molecule has 7 nitrogen and oxygen atoms in total. The van der Waals surface area contributed by atoms with E-state index in [1.165, 1.54) is 17.3 Å². The van der Waals surface area contributed by atoms with Crippen LogP contribution in [-0.2, 0) is 9.59 Å². The highest BCUT2D eigenvalue weighted by molar-refractivity contribution is 6.31. The van der Waals surface area contributed by atoms with Crippen LogP contribution in [0.25, 0.3) is 0 Å². The number of piperidine rings is 1. The second-order valence-electron chi connectivity index (χ2n) is 8.87. The van der Waals surface area contributed by atoms with Gasteiger partial charge in [-0.25, -0.2) is 14.8 Å². The highest BCUT2D eigenvalue weighted by atomic mass is 35.5. The maximum Gasteiger partial charge on any atom is 0.326 e. The number of hydrogen-bond acceptors (Lipinski definition) is 5. The number of halogens is 1. The van der Waals surface area contributed by atoms with Gasteiger partial charge < -0.3 is 15.3 Å². The van der Waals surface area contributed by atoms with Gasteiger partial charge in [0.05, 0.1) is 0 Å². The van der Waals surface area contributed by atoms with Gasteiger partial charge in [-0.3, -0.25) is 4.79 Å². The molecule has 2 N–H and O–H groups in total. The first kappa shape index (κ1) is 18.9. The number of carboxylic acid groups (broad SMARTS) is 1.